The van der Waals surface area contributed by atoms with Gasteiger partial charge < -0.3 is 15.0 Å². The van der Waals surface area contributed by atoms with Crippen LogP contribution in [0.1, 0.15) is 30.1 Å². The molecule has 1 aliphatic heterocycles. The molecule has 1 amide bonds. The van der Waals surface area contributed by atoms with Gasteiger partial charge in [-0.2, -0.15) is 0 Å². The lowest BCUT2D eigenvalue weighted by molar-refractivity contribution is -0.385. The number of nitro groups is 1. The smallest absolute Gasteiger partial charge is 0.345 e. The molecule has 8 heteroatoms. The summed E-state index contributed by atoms with van der Waals surface area (Å²) in [5.41, 5.74) is 1.15. The second-order valence-electron chi connectivity index (χ2n) is 6.80. The van der Waals surface area contributed by atoms with E-state index in [0.29, 0.717) is 31.6 Å². The van der Waals surface area contributed by atoms with E-state index in [1.165, 1.54) is 12.1 Å². The van der Waals surface area contributed by atoms with Crippen molar-refractivity contribution in [1.82, 2.24) is 0 Å². The number of nitro benzene ring substituents is 1. The first kappa shape index (κ1) is 20.3. The molecule has 3 rings (SSSR count). The number of carbonyl (C=O) groups excluding carboxylic acids is 2. The minimum absolute atomic E-state index is 0.00763. The highest BCUT2D eigenvalue weighted by Gasteiger charge is 2.27. The highest BCUT2D eigenvalue weighted by molar-refractivity contribution is 5.95. The van der Waals surface area contributed by atoms with Gasteiger partial charge in [0.1, 0.15) is 5.56 Å². The molecule has 152 valence electrons. The molecule has 1 saturated heterocycles. The molecule has 1 fully saturated rings. The Morgan fingerprint density at radius 2 is 1.86 bits per heavy atom. The number of ether oxygens (including phenoxy) is 1. The van der Waals surface area contributed by atoms with Gasteiger partial charge in [0, 0.05) is 36.4 Å². The normalized spacial score (nSPS) is 14.3. The number of hydrogen-bond acceptors (Lipinski definition) is 6. The second kappa shape index (κ2) is 9.18. The molecule has 1 heterocycles. The van der Waals surface area contributed by atoms with E-state index in [0.717, 1.165) is 5.69 Å². The molecule has 0 spiro atoms. The van der Waals surface area contributed by atoms with E-state index in [2.05, 4.69) is 5.32 Å². The minimum Gasteiger partial charge on any atom is -0.462 e. The van der Waals surface area contributed by atoms with Gasteiger partial charge in [0.25, 0.3) is 5.69 Å². The number of nitrogens with one attached hydrogen (secondary N) is 1. The summed E-state index contributed by atoms with van der Waals surface area (Å²) in [7, 11) is 0. The second-order valence-corrected chi connectivity index (χ2v) is 6.80. The van der Waals surface area contributed by atoms with Gasteiger partial charge in [-0.05, 0) is 44.0 Å². The summed E-state index contributed by atoms with van der Waals surface area (Å²) in [6.45, 7) is 3.03. The summed E-state index contributed by atoms with van der Waals surface area (Å²) in [5.74, 6) is -0.820. The third-order valence-electron chi connectivity index (χ3n) is 4.94. The first-order valence-corrected chi connectivity index (χ1v) is 9.56. The van der Waals surface area contributed by atoms with E-state index in [9.17, 15) is 19.7 Å². The molecule has 0 aliphatic carbocycles. The van der Waals surface area contributed by atoms with Gasteiger partial charge in [-0.3, -0.25) is 14.9 Å². The fourth-order valence-electron chi connectivity index (χ4n) is 3.42. The van der Waals surface area contributed by atoms with Gasteiger partial charge >= 0.3 is 5.97 Å². The predicted octanol–water partition coefficient (Wildman–Crippen LogP) is 3.63. The number of rotatable bonds is 6. The van der Waals surface area contributed by atoms with Crippen molar-refractivity contribution in [2.24, 2.45) is 5.92 Å². The Hall–Kier alpha value is -3.42. The molecular weight excluding hydrogens is 374 g/mol. The first-order chi connectivity index (χ1) is 14.0. The Labute approximate surface area is 168 Å². The average Bonchev–Trinajstić information content (AvgIpc) is 2.74. The molecule has 0 saturated carbocycles. The van der Waals surface area contributed by atoms with Gasteiger partial charge in [-0.25, -0.2) is 4.79 Å². The minimum atomic E-state index is -0.710. The van der Waals surface area contributed by atoms with Crippen molar-refractivity contribution < 1.29 is 19.2 Å². The Morgan fingerprint density at radius 1 is 1.17 bits per heavy atom. The van der Waals surface area contributed by atoms with Crippen molar-refractivity contribution in [3.63, 3.8) is 0 Å². The lowest BCUT2D eigenvalue weighted by atomic mass is 9.95. The maximum absolute atomic E-state index is 12.5. The summed E-state index contributed by atoms with van der Waals surface area (Å²) < 4.78 is 4.95. The van der Waals surface area contributed by atoms with E-state index < -0.39 is 10.9 Å². The molecule has 2 aromatic rings. The molecule has 0 atom stereocenters. The predicted molar refractivity (Wildman–Crippen MR) is 109 cm³/mol. The van der Waals surface area contributed by atoms with Crippen molar-refractivity contribution in [2.45, 2.75) is 19.8 Å². The Bertz CT molecular complexity index is 892. The van der Waals surface area contributed by atoms with Crippen molar-refractivity contribution in [3.05, 3.63) is 64.2 Å². The number of para-hydroxylation sites is 1. The zero-order valence-electron chi connectivity index (χ0n) is 16.2. The molecule has 0 radical (unpaired) electrons. The molecule has 0 unspecified atom stereocenters. The van der Waals surface area contributed by atoms with Crippen LogP contribution in [0.25, 0.3) is 0 Å². The summed E-state index contributed by atoms with van der Waals surface area (Å²) >= 11 is 0. The zero-order valence-corrected chi connectivity index (χ0v) is 16.2. The lowest BCUT2D eigenvalue weighted by Crippen LogP contribution is -2.38. The van der Waals surface area contributed by atoms with E-state index >= 15 is 0 Å². The fourth-order valence-corrected chi connectivity index (χ4v) is 3.42. The van der Waals surface area contributed by atoms with Gasteiger partial charge in [0.2, 0.25) is 5.91 Å². The number of esters is 1. The van der Waals surface area contributed by atoms with Gasteiger partial charge in [-0.1, -0.05) is 18.2 Å². The van der Waals surface area contributed by atoms with Crippen molar-refractivity contribution in [1.29, 1.82) is 0 Å². The molecule has 8 nitrogen and oxygen atoms in total. The molecule has 0 bridgehead atoms. The van der Waals surface area contributed by atoms with Crippen LogP contribution in [0.3, 0.4) is 0 Å². The summed E-state index contributed by atoms with van der Waals surface area (Å²) in [6.07, 6.45) is 1.31. The number of benzene rings is 2. The third-order valence-corrected chi connectivity index (χ3v) is 4.94. The molecule has 2 aromatic carbocycles. The first-order valence-electron chi connectivity index (χ1n) is 9.56. The number of carbonyl (C=O) groups is 2. The van der Waals surface area contributed by atoms with E-state index in [-0.39, 0.29) is 29.7 Å². The topological polar surface area (TPSA) is 102 Å². The van der Waals surface area contributed by atoms with Gasteiger partial charge in [-0.15, -0.1) is 0 Å². The highest BCUT2D eigenvalue weighted by Crippen LogP contribution is 2.29. The molecular formula is C21H23N3O5. The average molecular weight is 397 g/mol. The lowest BCUT2D eigenvalue weighted by Gasteiger charge is -2.33. The zero-order chi connectivity index (χ0) is 20.8. The van der Waals surface area contributed by atoms with Crippen LogP contribution in [0.15, 0.2) is 48.5 Å². The number of anilines is 2. The van der Waals surface area contributed by atoms with Crippen LogP contribution in [-0.4, -0.2) is 36.5 Å². The third kappa shape index (κ3) is 4.90. The van der Waals surface area contributed by atoms with Crippen molar-refractivity contribution >= 4 is 28.9 Å². The van der Waals surface area contributed by atoms with Crippen LogP contribution in [0, 0.1) is 16.0 Å². The summed E-state index contributed by atoms with van der Waals surface area (Å²) in [5, 5.41) is 14.2. The largest absolute Gasteiger partial charge is 0.462 e. The molecule has 0 aromatic heterocycles. The van der Waals surface area contributed by atoms with Gasteiger partial charge in [0.05, 0.1) is 11.5 Å². The van der Waals surface area contributed by atoms with Crippen molar-refractivity contribution in [2.75, 3.05) is 29.9 Å². The molecule has 1 aliphatic rings. The maximum Gasteiger partial charge on any atom is 0.345 e. The van der Waals surface area contributed by atoms with E-state index in [4.69, 9.17) is 4.74 Å². The van der Waals surface area contributed by atoms with Crippen LogP contribution < -0.4 is 10.2 Å². The summed E-state index contributed by atoms with van der Waals surface area (Å²) in [6, 6.07) is 13.8. The van der Waals surface area contributed by atoms with Crippen LogP contribution in [0.2, 0.25) is 0 Å². The SMILES string of the molecule is CCOC(=O)c1cc(N2CCC(C(=O)Nc3ccccc3)CC2)ccc1[N+](=O)[O-]. The number of nitrogens with zero attached hydrogens (tertiary/aromatic N) is 2. The standard InChI is InChI=1S/C21H23N3O5/c1-2-29-21(26)18-14-17(8-9-19(18)24(27)28)23-12-10-15(11-13-23)20(25)22-16-6-4-3-5-7-16/h3-9,14-15H,2,10-13H2,1H3,(H,22,25). The highest BCUT2D eigenvalue weighted by atomic mass is 16.6. The molecule has 1 N–H and O–H groups in total. The quantitative estimate of drug-likeness (QED) is 0.454. The van der Waals surface area contributed by atoms with Crippen LogP contribution in [0.5, 0.6) is 0 Å². The van der Waals surface area contributed by atoms with E-state index in [1.807, 2.05) is 35.2 Å². The van der Waals surface area contributed by atoms with Crippen LogP contribution in [-0.2, 0) is 9.53 Å². The Kier molecular flexibility index (Phi) is 6.43. The maximum atomic E-state index is 12.5. The summed E-state index contributed by atoms with van der Waals surface area (Å²) in [4.78, 5) is 37.3. The van der Waals surface area contributed by atoms with Gasteiger partial charge in [0.15, 0.2) is 0 Å². The fraction of sp³-hybridized carbons (Fsp3) is 0.333. The van der Waals surface area contributed by atoms with Crippen LogP contribution in [0.4, 0.5) is 17.1 Å². The number of amides is 1. The Morgan fingerprint density at radius 3 is 2.48 bits per heavy atom. The van der Waals surface area contributed by atoms with E-state index in [1.54, 1.807) is 13.0 Å². The van der Waals surface area contributed by atoms with Crippen LogP contribution >= 0.6 is 0 Å². The number of piperidine rings is 1. The van der Waals surface area contributed by atoms with Crippen molar-refractivity contribution in [3.8, 4) is 0 Å². The molecule has 29 heavy (non-hydrogen) atoms. The Balaban J connectivity index is 1.67. The monoisotopic (exact) mass is 397 g/mol. The number of hydrogen-bond donors (Lipinski definition) is 1.